The lowest BCUT2D eigenvalue weighted by atomic mass is 10.1. The number of nitrogens with zero attached hydrogens (tertiary/aromatic N) is 4. The molecule has 0 bridgehead atoms. The number of aryl methyl sites for hydroxylation is 2. The molecule has 0 spiro atoms. The van der Waals surface area contributed by atoms with Crippen molar-refractivity contribution in [2.75, 3.05) is 5.73 Å². The summed E-state index contributed by atoms with van der Waals surface area (Å²) >= 11 is 1.65. The SMILES string of the molecule is Cc1nc(-c2cccc(Oc3ccc(-n4c5c(c6ncnc(N)c64)CCC5)cc3)c2)cs1. The number of aromatic nitrogens is 4. The minimum absolute atomic E-state index is 0.513. The second-order valence-electron chi connectivity index (χ2n) is 7.95. The molecule has 0 fully saturated rings. The van der Waals surface area contributed by atoms with Crippen LogP contribution < -0.4 is 10.5 Å². The summed E-state index contributed by atoms with van der Waals surface area (Å²) in [6.45, 7) is 2.01. The first-order valence-corrected chi connectivity index (χ1v) is 11.5. The van der Waals surface area contributed by atoms with Gasteiger partial charge in [0.05, 0.1) is 16.2 Å². The summed E-state index contributed by atoms with van der Waals surface area (Å²) in [5.74, 6) is 2.07. The fourth-order valence-electron chi connectivity index (χ4n) is 4.50. The summed E-state index contributed by atoms with van der Waals surface area (Å²) in [4.78, 5) is 13.3. The van der Waals surface area contributed by atoms with Gasteiger partial charge in [0.15, 0.2) is 5.82 Å². The van der Waals surface area contributed by atoms with Gasteiger partial charge in [-0.15, -0.1) is 11.3 Å². The van der Waals surface area contributed by atoms with Crippen molar-refractivity contribution in [2.45, 2.75) is 26.2 Å². The van der Waals surface area contributed by atoms with Crippen molar-refractivity contribution in [3.63, 3.8) is 0 Å². The minimum atomic E-state index is 0.513. The zero-order valence-electron chi connectivity index (χ0n) is 17.6. The van der Waals surface area contributed by atoms with Crippen LogP contribution in [0.5, 0.6) is 11.5 Å². The minimum Gasteiger partial charge on any atom is -0.457 e. The summed E-state index contributed by atoms with van der Waals surface area (Å²) < 4.78 is 8.35. The average molecular weight is 440 g/mol. The van der Waals surface area contributed by atoms with Crippen LogP contribution in [0.15, 0.2) is 60.2 Å². The van der Waals surface area contributed by atoms with Gasteiger partial charge in [0.2, 0.25) is 0 Å². The fraction of sp³-hybridized carbons (Fsp3) is 0.160. The molecule has 0 radical (unpaired) electrons. The zero-order valence-corrected chi connectivity index (χ0v) is 18.4. The molecule has 6 rings (SSSR count). The quantitative estimate of drug-likeness (QED) is 0.388. The first kappa shape index (κ1) is 19.0. The normalized spacial score (nSPS) is 12.9. The molecule has 2 aromatic carbocycles. The van der Waals surface area contributed by atoms with E-state index in [1.54, 1.807) is 17.7 Å². The lowest BCUT2D eigenvalue weighted by Gasteiger charge is -2.12. The first-order valence-electron chi connectivity index (χ1n) is 10.6. The van der Waals surface area contributed by atoms with Crippen molar-refractivity contribution in [2.24, 2.45) is 0 Å². The number of hydrogen-bond acceptors (Lipinski definition) is 6. The van der Waals surface area contributed by atoms with Crippen LogP contribution in [0.3, 0.4) is 0 Å². The molecule has 0 atom stereocenters. The number of thiazole rings is 1. The zero-order chi connectivity index (χ0) is 21.7. The van der Waals surface area contributed by atoms with Crippen LogP contribution in [-0.4, -0.2) is 19.5 Å². The van der Waals surface area contributed by atoms with Gasteiger partial charge in [-0.05, 0) is 68.1 Å². The standard InChI is InChI=1S/C25H21N5OS/c1-15-29-21(13-32-15)16-4-2-5-19(12-16)31-18-10-8-17(9-11-18)30-22-7-3-6-20(22)23-24(30)25(26)28-14-27-23/h2,4-5,8-14H,3,6-7H2,1H3,(H2,26,27,28). The highest BCUT2D eigenvalue weighted by Gasteiger charge is 2.25. The molecule has 1 aliphatic rings. The summed E-state index contributed by atoms with van der Waals surface area (Å²) in [5.41, 5.74) is 13.8. The summed E-state index contributed by atoms with van der Waals surface area (Å²) in [6.07, 6.45) is 4.75. The van der Waals surface area contributed by atoms with E-state index in [-0.39, 0.29) is 0 Å². The number of benzene rings is 2. The highest BCUT2D eigenvalue weighted by Crippen LogP contribution is 2.36. The van der Waals surface area contributed by atoms with Crippen LogP contribution in [0.2, 0.25) is 0 Å². The van der Waals surface area contributed by atoms with Gasteiger partial charge in [0.25, 0.3) is 0 Å². The molecule has 7 heteroatoms. The Kier molecular flexibility index (Phi) is 4.43. The molecule has 3 aromatic heterocycles. The molecule has 0 saturated heterocycles. The molecule has 6 nitrogen and oxygen atoms in total. The van der Waals surface area contributed by atoms with Gasteiger partial charge in [-0.1, -0.05) is 12.1 Å². The molecular weight excluding hydrogens is 418 g/mol. The summed E-state index contributed by atoms with van der Waals surface area (Å²) in [6, 6.07) is 16.1. The third-order valence-electron chi connectivity index (χ3n) is 5.90. The molecule has 1 aliphatic carbocycles. The van der Waals surface area contributed by atoms with E-state index < -0.39 is 0 Å². The van der Waals surface area contributed by atoms with Gasteiger partial charge in [0, 0.05) is 22.3 Å². The number of rotatable bonds is 4. The molecular formula is C25H21N5OS. The maximum atomic E-state index is 6.25. The van der Waals surface area contributed by atoms with E-state index in [9.17, 15) is 0 Å². The summed E-state index contributed by atoms with van der Waals surface area (Å²) in [7, 11) is 0. The Morgan fingerprint density at radius 2 is 1.91 bits per heavy atom. The summed E-state index contributed by atoms with van der Waals surface area (Å²) in [5, 5.41) is 3.12. The predicted molar refractivity (Wildman–Crippen MR) is 128 cm³/mol. The van der Waals surface area contributed by atoms with Crippen LogP contribution >= 0.6 is 11.3 Å². The molecule has 0 unspecified atom stereocenters. The number of fused-ring (bicyclic) bond motifs is 3. The third-order valence-corrected chi connectivity index (χ3v) is 6.67. The Hall–Kier alpha value is -3.71. The second kappa shape index (κ2) is 7.46. The molecule has 0 saturated carbocycles. The van der Waals surface area contributed by atoms with Gasteiger partial charge < -0.3 is 15.0 Å². The molecule has 3 heterocycles. The van der Waals surface area contributed by atoms with Crippen molar-refractivity contribution in [3.05, 3.63) is 76.5 Å². The highest BCUT2D eigenvalue weighted by molar-refractivity contribution is 7.09. The number of ether oxygens (including phenoxy) is 1. The van der Waals surface area contributed by atoms with Gasteiger partial charge >= 0.3 is 0 Å². The van der Waals surface area contributed by atoms with Crippen LogP contribution in [0.1, 0.15) is 22.7 Å². The van der Waals surface area contributed by atoms with E-state index in [1.165, 1.54) is 11.3 Å². The molecule has 2 N–H and O–H groups in total. The van der Waals surface area contributed by atoms with E-state index in [1.807, 2.05) is 37.3 Å². The Labute approximate surface area is 189 Å². The van der Waals surface area contributed by atoms with Gasteiger partial charge in [-0.2, -0.15) is 0 Å². The van der Waals surface area contributed by atoms with Crippen molar-refractivity contribution in [1.82, 2.24) is 19.5 Å². The number of hydrogen-bond donors (Lipinski definition) is 1. The van der Waals surface area contributed by atoms with Crippen molar-refractivity contribution >= 4 is 28.2 Å². The van der Waals surface area contributed by atoms with Crippen LogP contribution in [0.4, 0.5) is 5.82 Å². The smallest absolute Gasteiger partial charge is 0.151 e. The van der Waals surface area contributed by atoms with Crippen LogP contribution in [0, 0.1) is 6.92 Å². The molecule has 32 heavy (non-hydrogen) atoms. The van der Waals surface area contributed by atoms with Gasteiger partial charge in [-0.25, -0.2) is 15.0 Å². The largest absolute Gasteiger partial charge is 0.457 e. The Morgan fingerprint density at radius 3 is 2.72 bits per heavy atom. The average Bonchev–Trinajstić information content (AvgIpc) is 3.51. The monoisotopic (exact) mass is 439 g/mol. The molecule has 5 aromatic rings. The Balaban J connectivity index is 1.33. The lowest BCUT2D eigenvalue weighted by molar-refractivity contribution is 0.483. The van der Waals surface area contributed by atoms with E-state index >= 15 is 0 Å². The van der Waals surface area contributed by atoms with Crippen molar-refractivity contribution < 1.29 is 4.74 Å². The highest BCUT2D eigenvalue weighted by atomic mass is 32.1. The maximum Gasteiger partial charge on any atom is 0.151 e. The molecule has 158 valence electrons. The number of nitrogens with two attached hydrogens (primary N) is 1. The second-order valence-corrected chi connectivity index (χ2v) is 9.01. The maximum absolute atomic E-state index is 6.25. The lowest BCUT2D eigenvalue weighted by Crippen LogP contribution is -2.02. The van der Waals surface area contributed by atoms with Crippen molar-refractivity contribution in [1.29, 1.82) is 0 Å². The number of nitrogen functional groups attached to an aromatic ring is 1. The fourth-order valence-corrected chi connectivity index (χ4v) is 5.12. The Bertz CT molecular complexity index is 1450. The van der Waals surface area contributed by atoms with Gasteiger partial charge in [-0.3, -0.25) is 0 Å². The van der Waals surface area contributed by atoms with E-state index in [0.717, 1.165) is 63.7 Å². The predicted octanol–water partition coefficient (Wildman–Crippen LogP) is 5.72. The van der Waals surface area contributed by atoms with Crippen LogP contribution in [-0.2, 0) is 12.8 Å². The topological polar surface area (TPSA) is 78.8 Å². The molecule has 0 amide bonds. The van der Waals surface area contributed by atoms with Crippen LogP contribution in [0.25, 0.3) is 28.0 Å². The van der Waals surface area contributed by atoms with Gasteiger partial charge in [0.1, 0.15) is 23.3 Å². The first-order chi connectivity index (χ1) is 15.7. The molecule has 0 aliphatic heterocycles. The van der Waals surface area contributed by atoms with E-state index in [2.05, 4.69) is 43.1 Å². The van der Waals surface area contributed by atoms with Crippen molar-refractivity contribution in [3.8, 4) is 28.4 Å². The Morgan fingerprint density at radius 1 is 1.03 bits per heavy atom. The van der Waals surface area contributed by atoms with E-state index in [0.29, 0.717) is 5.82 Å². The van der Waals surface area contributed by atoms with E-state index in [4.69, 9.17) is 10.5 Å². The number of anilines is 1. The third kappa shape index (κ3) is 3.13.